The second-order valence-electron chi connectivity index (χ2n) is 6.05. The maximum absolute atomic E-state index is 12.6. The minimum absolute atomic E-state index is 0.0756. The molecule has 5 heteroatoms. The number of rotatable bonds is 4. The minimum Gasteiger partial charge on any atom is -0.352 e. The fourth-order valence-corrected chi connectivity index (χ4v) is 3.26. The van der Waals surface area contributed by atoms with Crippen LogP contribution in [-0.4, -0.2) is 21.7 Å². The van der Waals surface area contributed by atoms with E-state index in [0.717, 1.165) is 30.7 Å². The number of aryl methyl sites for hydroxylation is 1. The summed E-state index contributed by atoms with van der Waals surface area (Å²) in [7, 11) is 0. The first-order valence-corrected chi connectivity index (χ1v) is 8.44. The van der Waals surface area contributed by atoms with E-state index in [1.807, 2.05) is 20.8 Å². The van der Waals surface area contributed by atoms with Crippen molar-refractivity contribution < 1.29 is 4.79 Å². The van der Waals surface area contributed by atoms with Gasteiger partial charge in [-0.05, 0) is 33.1 Å². The molecule has 1 saturated carbocycles. The lowest BCUT2D eigenvalue weighted by molar-refractivity contribution is -0.125. The van der Waals surface area contributed by atoms with Gasteiger partial charge in [-0.15, -0.1) is 0 Å². The highest BCUT2D eigenvalue weighted by Crippen LogP contribution is 2.24. The first-order valence-electron chi connectivity index (χ1n) is 8.06. The van der Waals surface area contributed by atoms with E-state index in [1.165, 1.54) is 25.7 Å². The van der Waals surface area contributed by atoms with Crippen LogP contribution in [0.1, 0.15) is 69.3 Å². The van der Waals surface area contributed by atoms with Gasteiger partial charge in [0.15, 0.2) is 0 Å². The Labute approximate surface area is 132 Å². The van der Waals surface area contributed by atoms with Crippen LogP contribution in [0.25, 0.3) is 0 Å². The molecule has 4 nitrogen and oxygen atoms in total. The third kappa shape index (κ3) is 3.79. The molecule has 1 aromatic heterocycles. The summed E-state index contributed by atoms with van der Waals surface area (Å²) >= 11 is 6.20. The van der Waals surface area contributed by atoms with Crippen LogP contribution in [0.4, 0.5) is 0 Å². The second kappa shape index (κ2) is 7.30. The highest BCUT2D eigenvalue weighted by Gasteiger charge is 2.25. The summed E-state index contributed by atoms with van der Waals surface area (Å²) < 4.78 is 1.78. The van der Waals surface area contributed by atoms with Crippen molar-refractivity contribution in [3.05, 3.63) is 16.4 Å². The zero-order valence-electron chi connectivity index (χ0n) is 13.3. The van der Waals surface area contributed by atoms with Crippen LogP contribution in [0.3, 0.4) is 0 Å². The van der Waals surface area contributed by atoms with E-state index in [2.05, 4.69) is 10.4 Å². The van der Waals surface area contributed by atoms with Gasteiger partial charge in [0.05, 0.1) is 16.4 Å². The lowest BCUT2D eigenvalue weighted by atomic mass is 10.1. The summed E-state index contributed by atoms with van der Waals surface area (Å²) in [5, 5.41) is 8.32. The maximum Gasteiger partial charge on any atom is 0.245 e. The maximum atomic E-state index is 12.6. The number of nitrogens with zero attached hydrogens (tertiary/aromatic N) is 2. The van der Waals surface area contributed by atoms with Gasteiger partial charge in [0.1, 0.15) is 6.04 Å². The Balaban J connectivity index is 2.09. The highest BCUT2D eigenvalue weighted by atomic mass is 35.5. The van der Waals surface area contributed by atoms with Crippen molar-refractivity contribution in [1.29, 1.82) is 0 Å². The van der Waals surface area contributed by atoms with E-state index in [1.54, 1.807) is 4.68 Å². The molecule has 1 heterocycles. The van der Waals surface area contributed by atoms with Crippen molar-refractivity contribution in [3.8, 4) is 0 Å². The molecule has 1 atom stereocenters. The molecule has 1 fully saturated rings. The van der Waals surface area contributed by atoms with Gasteiger partial charge in [0.25, 0.3) is 0 Å². The molecule has 0 bridgehead atoms. The molecule has 0 aromatic carbocycles. The van der Waals surface area contributed by atoms with Crippen LogP contribution in [0.2, 0.25) is 5.02 Å². The van der Waals surface area contributed by atoms with Gasteiger partial charge < -0.3 is 5.32 Å². The number of carbonyl (C=O) groups excluding carboxylic acids is 1. The average Bonchev–Trinajstić information content (AvgIpc) is 2.67. The Bertz CT molecular complexity index is 490. The summed E-state index contributed by atoms with van der Waals surface area (Å²) in [6.07, 6.45) is 7.92. The van der Waals surface area contributed by atoms with Gasteiger partial charge in [-0.25, -0.2) is 0 Å². The standard InChI is InChI=1S/C16H26ClN3O/c1-4-14(20-12(3)15(17)11(2)19-20)16(21)18-13-9-7-5-6-8-10-13/h13-14H,4-10H2,1-3H3,(H,18,21). The zero-order chi connectivity index (χ0) is 15.4. The van der Waals surface area contributed by atoms with Crippen molar-refractivity contribution in [2.75, 3.05) is 0 Å². The van der Waals surface area contributed by atoms with E-state index in [4.69, 9.17) is 11.6 Å². The third-order valence-electron chi connectivity index (χ3n) is 4.42. The normalized spacial score (nSPS) is 18.3. The van der Waals surface area contributed by atoms with E-state index in [-0.39, 0.29) is 11.9 Å². The molecule has 0 saturated heterocycles. The number of hydrogen-bond acceptors (Lipinski definition) is 2. The first kappa shape index (κ1) is 16.3. The predicted octanol–water partition coefficient (Wildman–Crippen LogP) is 3.94. The van der Waals surface area contributed by atoms with E-state index >= 15 is 0 Å². The zero-order valence-corrected chi connectivity index (χ0v) is 14.0. The highest BCUT2D eigenvalue weighted by molar-refractivity contribution is 6.31. The SMILES string of the molecule is CCC(C(=O)NC1CCCCCC1)n1nc(C)c(Cl)c1C. The first-order chi connectivity index (χ1) is 10.0. The van der Waals surface area contributed by atoms with Gasteiger partial charge in [0.2, 0.25) is 5.91 Å². The summed E-state index contributed by atoms with van der Waals surface area (Å²) in [5.74, 6) is 0.0756. The summed E-state index contributed by atoms with van der Waals surface area (Å²) in [4.78, 5) is 12.6. The van der Waals surface area contributed by atoms with Crippen molar-refractivity contribution in [2.45, 2.75) is 77.8 Å². The average molecular weight is 312 g/mol. The molecule has 0 spiro atoms. The molecule has 1 aliphatic rings. The Morgan fingerprint density at radius 3 is 2.43 bits per heavy atom. The van der Waals surface area contributed by atoms with Gasteiger partial charge in [-0.1, -0.05) is 44.2 Å². The summed E-state index contributed by atoms with van der Waals surface area (Å²) in [5.41, 5.74) is 1.66. The number of halogens is 1. The largest absolute Gasteiger partial charge is 0.352 e. The third-order valence-corrected chi connectivity index (χ3v) is 4.97. The molecule has 0 radical (unpaired) electrons. The number of nitrogens with one attached hydrogen (secondary N) is 1. The Hall–Kier alpha value is -1.03. The lowest BCUT2D eigenvalue weighted by Crippen LogP contribution is -2.40. The van der Waals surface area contributed by atoms with Crippen molar-refractivity contribution >= 4 is 17.5 Å². The van der Waals surface area contributed by atoms with Gasteiger partial charge in [-0.3, -0.25) is 9.48 Å². The van der Waals surface area contributed by atoms with Crippen LogP contribution in [0.5, 0.6) is 0 Å². The van der Waals surface area contributed by atoms with Crippen LogP contribution in [0, 0.1) is 13.8 Å². The fourth-order valence-electron chi connectivity index (χ4n) is 3.14. The van der Waals surface area contributed by atoms with Crippen LogP contribution >= 0.6 is 11.6 Å². The molecule has 1 amide bonds. The van der Waals surface area contributed by atoms with E-state index < -0.39 is 0 Å². The Morgan fingerprint density at radius 1 is 1.33 bits per heavy atom. The molecule has 1 unspecified atom stereocenters. The number of aromatic nitrogens is 2. The molecule has 1 aliphatic carbocycles. The number of carbonyl (C=O) groups is 1. The van der Waals surface area contributed by atoms with Crippen molar-refractivity contribution in [3.63, 3.8) is 0 Å². The van der Waals surface area contributed by atoms with Gasteiger partial charge >= 0.3 is 0 Å². The molecular formula is C16H26ClN3O. The molecule has 1 aromatic rings. The monoisotopic (exact) mass is 311 g/mol. The van der Waals surface area contributed by atoms with Crippen LogP contribution in [0.15, 0.2) is 0 Å². The second-order valence-corrected chi connectivity index (χ2v) is 6.43. The minimum atomic E-state index is -0.264. The summed E-state index contributed by atoms with van der Waals surface area (Å²) in [6, 6.07) is 0.0564. The predicted molar refractivity (Wildman–Crippen MR) is 85.7 cm³/mol. The molecular weight excluding hydrogens is 286 g/mol. The number of hydrogen-bond donors (Lipinski definition) is 1. The molecule has 0 aliphatic heterocycles. The fraction of sp³-hybridized carbons (Fsp3) is 0.750. The quantitative estimate of drug-likeness (QED) is 0.856. The van der Waals surface area contributed by atoms with E-state index in [9.17, 15) is 4.79 Å². The Morgan fingerprint density at radius 2 is 1.95 bits per heavy atom. The van der Waals surface area contributed by atoms with Crippen LogP contribution < -0.4 is 5.32 Å². The van der Waals surface area contributed by atoms with Gasteiger partial charge in [0, 0.05) is 6.04 Å². The Kier molecular flexibility index (Phi) is 5.68. The molecule has 21 heavy (non-hydrogen) atoms. The molecule has 118 valence electrons. The lowest BCUT2D eigenvalue weighted by Gasteiger charge is -2.22. The van der Waals surface area contributed by atoms with Crippen molar-refractivity contribution in [2.24, 2.45) is 0 Å². The molecule has 1 N–H and O–H groups in total. The van der Waals surface area contributed by atoms with Gasteiger partial charge in [-0.2, -0.15) is 5.10 Å². The molecule has 2 rings (SSSR count). The van der Waals surface area contributed by atoms with E-state index in [0.29, 0.717) is 11.1 Å². The number of amides is 1. The smallest absolute Gasteiger partial charge is 0.245 e. The summed E-state index contributed by atoms with van der Waals surface area (Å²) in [6.45, 7) is 5.81. The van der Waals surface area contributed by atoms with Crippen LogP contribution in [-0.2, 0) is 4.79 Å². The topological polar surface area (TPSA) is 46.9 Å². The van der Waals surface area contributed by atoms with Crippen molar-refractivity contribution in [1.82, 2.24) is 15.1 Å².